The predicted molar refractivity (Wildman–Crippen MR) is 134 cm³/mol. The average molecular weight is 475 g/mol. The van der Waals surface area contributed by atoms with Gasteiger partial charge in [0.2, 0.25) is 11.6 Å². The van der Waals surface area contributed by atoms with Gasteiger partial charge >= 0.3 is 0 Å². The minimum absolute atomic E-state index is 0.00750. The van der Waals surface area contributed by atoms with Gasteiger partial charge in [0.25, 0.3) is 0 Å². The third-order valence-corrected chi connectivity index (χ3v) is 9.08. The van der Waals surface area contributed by atoms with E-state index in [1.54, 1.807) is 6.92 Å². The van der Waals surface area contributed by atoms with Gasteiger partial charge in [0.05, 0.1) is 13.2 Å². The van der Waals surface area contributed by atoms with Crippen LogP contribution in [0.15, 0.2) is 24.3 Å². The van der Waals surface area contributed by atoms with E-state index in [4.69, 9.17) is 9.47 Å². The number of halogens is 2. The second kappa shape index (κ2) is 12.4. The highest BCUT2D eigenvalue weighted by Gasteiger charge is 2.39. The molecule has 2 nitrogen and oxygen atoms in total. The van der Waals surface area contributed by atoms with Gasteiger partial charge in [0.15, 0.2) is 11.5 Å². The summed E-state index contributed by atoms with van der Waals surface area (Å²) in [6.07, 6.45) is 20.7. The van der Waals surface area contributed by atoms with Gasteiger partial charge in [0, 0.05) is 0 Å². The number of rotatable bonds is 9. The summed E-state index contributed by atoms with van der Waals surface area (Å²) in [6, 6.07) is 2.96. The molecule has 0 bridgehead atoms. The Hall–Kier alpha value is -1.58. The minimum Gasteiger partial charge on any atom is -0.491 e. The molecule has 0 saturated heterocycles. The predicted octanol–water partition coefficient (Wildman–Crippen LogP) is 8.74. The highest BCUT2D eigenvalue weighted by atomic mass is 19.2. The van der Waals surface area contributed by atoms with E-state index in [1.807, 2.05) is 0 Å². The number of fused-ring (bicyclic) bond motifs is 1. The third kappa shape index (κ3) is 6.34. The molecule has 0 spiro atoms. The molecule has 1 aromatic carbocycles. The summed E-state index contributed by atoms with van der Waals surface area (Å²) in [5, 5.41) is 0. The lowest BCUT2D eigenvalue weighted by Crippen LogP contribution is -2.35. The first-order valence-corrected chi connectivity index (χ1v) is 13.9. The Balaban J connectivity index is 1.21. The van der Waals surface area contributed by atoms with Crippen LogP contribution >= 0.6 is 0 Å². The molecule has 3 fully saturated rings. The van der Waals surface area contributed by atoms with Crippen LogP contribution in [0.1, 0.15) is 90.9 Å². The monoisotopic (exact) mass is 474 g/mol. The van der Waals surface area contributed by atoms with Crippen molar-refractivity contribution in [2.75, 3.05) is 13.2 Å². The van der Waals surface area contributed by atoms with E-state index >= 15 is 0 Å². The van der Waals surface area contributed by atoms with E-state index in [2.05, 4.69) is 19.1 Å². The maximum absolute atomic E-state index is 14.3. The van der Waals surface area contributed by atoms with Crippen molar-refractivity contribution in [3.8, 4) is 11.5 Å². The molecule has 0 heterocycles. The molecule has 4 rings (SSSR count). The van der Waals surface area contributed by atoms with Crippen molar-refractivity contribution in [3.63, 3.8) is 0 Å². The van der Waals surface area contributed by atoms with Crippen LogP contribution in [0.2, 0.25) is 0 Å². The number of ether oxygens (including phenoxy) is 2. The molecular formula is C30H44F2O2. The molecule has 0 N–H and O–H groups in total. The summed E-state index contributed by atoms with van der Waals surface area (Å²) < 4.78 is 39.4. The maximum atomic E-state index is 14.3. The Morgan fingerprint density at radius 3 is 2.00 bits per heavy atom. The molecule has 0 radical (unpaired) electrons. The van der Waals surface area contributed by atoms with Crippen molar-refractivity contribution in [3.05, 3.63) is 35.9 Å². The number of allylic oxidation sites excluding steroid dienone is 2. The average Bonchev–Trinajstić information content (AvgIpc) is 2.86. The molecule has 190 valence electrons. The van der Waals surface area contributed by atoms with Crippen molar-refractivity contribution in [1.29, 1.82) is 0 Å². The first kappa shape index (κ1) is 25.5. The second-order valence-electron chi connectivity index (χ2n) is 11.1. The Bertz CT molecular complexity index is 799. The molecule has 3 saturated carbocycles. The van der Waals surface area contributed by atoms with Crippen LogP contribution in [-0.4, -0.2) is 13.2 Å². The SMILES string of the molecule is C/C=C/CCC1CCC(C2CCC3CC(COc4ccc(OCC)c(F)c4F)CCC3C2)CC1. The zero-order valence-corrected chi connectivity index (χ0v) is 21.2. The molecule has 4 atom stereocenters. The van der Waals surface area contributed by atoms with Crippen molar-refractivity contribution >= 4 is 0 Å². The lowest BCUT2D eigenvalue weighted by Gasteiger charge is -2.45. The fourth-order valence-corrected chi connectivity index (χ4v) is 7.15. The molecule has 0 aromatic heterocycles. The van der Waals surface area contributed by atoms with Gasteiger partial charge in [-0.1, -0.05) is 25.0 Å². The molecule has 0 aliphatic heterocycles. The molecule has 1 aromatic rings. The number of hydrogen-bond donors (Lipinski definition) is 0. The van der Waals surface area contributed by atoms with Crippen LogP contribution in [0, 0.1) is 47.1 Å². The van der Waals surface area contributed by atoms with E-state index in [-0.39, 0.29) is 11.5 Å². The van der Waals surface area contributed by atoms with E-state index < -0.39 is 11.6 Å². The maximum Gasteiger partial charge on any atom is 0.204 e. The topological polar surface area (TPSA) is 18.5 Å². The van der Waals surface area contributed by atoms with Gasteiger partial charge in [0.1, 0.15) is 0 Å². The van der Waals surface area contributed by atoms with Gasteiger partial charge in [-0.15, -0.1) is 0 Å². The third-order valence-electron chi connectivity index (χ3n) is 9.08. The van der Waals surface area contributed by atoms with E-state index in [0.717, 1.165) is 36.0 Å². The molecular weight excluding hydrogens is 430 g/mol. The lowest BCUT2D eigenvalue weighted by molar-refractivity contribution is 0.0479. The largest absolute Gasteiger partial charge is 0.491 e. The second-order valence-corrected chi connectivity index (χ2v) is 11.1. The van der Waals surface area contributed by atoms with Crippen LogP contribution < -0.4 is 9.47 Å². The summed E-state index contributed by atoms with van der Waals surface area (Å²) in [4.78, 5) is 0. The van der Waals surface area contributed by atoms with Gasteiger partial charge < -0.3 is 9.47 Å². The zero-order valence-electron chi connectivity index (χ0n) is 21.2. The normalized spacial score (nSPS) is 31.9. The van der Waals surface area contributed by atoms with E-state index in [9.17, 15) is 8.78 Å². The van der Waals surface area contributed by atoms with Crippen LogP contribution in [0.5, 0.6) is 11.5 Å². The van der Waals surface area contributed by atoms with Crippen molar-refractivity contribution < 1.29 is 18.3 Å². The fourth-order valence-electron chi connectivity index (χ4n) is 7.15. The summed E-state index contributed by atoms with van der Waals surface area (Å²) >= 11 is 0. The smallest absolute Gasteiger partial charge is 0.204 e. The first-order chi connectivity index (χ1) is 16.6. The van der Waals surface area contributed by atoms with Crippen molar-refractivity contribution in [2.24, 2.45) is 35.5 Å². The fraction of sp³-hybridized carbons (Fsp3) is 0.733. The quantitative estimate of drug-likeness (QED) is 0.333. The molecule has 3 aliphatic carbocycles. The number of hydrogen-bond acceptors (Lipinski definition) is 2. The Kier molecular flexibility index (Phi) is 9.31. The minimum atomic E-state index is -0.951. The van der Waals surface area contributed by atoms with Crippen molar-refractivity contribution in [2.45, 2.75) is 90.9 Å². The molecule has 0 amide bonds. The van der Waals surface area contributed by atoms with E-state index in [1.165, 1.54) is 82.8 Å². The van der Waals surface area contributed by atoms with Crippen LogP contribution in [0.25, 0.3) is 0 Å². The Morgan fingerprint density at radius 2 is 1.32 bits per heavy atom. The van der Waals surface area contributed by atoms with Gasteiger partial charge in [-0.3, -0.25) is 0 Å². The van der Waals surface area contributed by atoms with Crippen LogP contribution in [0.3, 0.4) is 0 Å². The summed E-state index contributed by atoms with van der Waals surface area (Å²) in [5.74, 6) is 3.01. The standard InChI is InChI=1S/C30H44F2O2/c1-3-5-6-7-21-8-11-23(12-9-21)25-15-14-24-18-22(10-13-26(24)19-25)20-34-28-17-16-27(33-4-2)29(31)30(28)32/h3,5,16-17,21-26H,4,6-15,18-20H2,1-2H3/b5-3+. The molecule has 3 aliphatic rings. The molecule has 34 heavy (non-hydrogen) atoms. The van der Waals surface area contributed by atoms with E-state index in [0.29, 0.717) is 19.1 Å². The van der Waals surface area contributed by atoms with Crippen LogP contribution in [-0.2, 0) is 0 Å². The molecule has 4 heteroatoms. The van der Waals surface area contributed by atoms with Crippen molar-refractivity contribution in [1.82, 2.24) is 0 Å². The zero-order chi connectivity index (χ0) is 23.9. The van der Waals surface area contributed by atoms with Gasteiger partial charge in [-0.25, -0.2) is 0 Å². The summed E-state index contributed by atoms with van der Waals surface area (Å²) in [7, 11) is 0. The number of benzene rings is 1. The Labute approximate surface area is 205 Å². The highest BCUT2D eigenvalue weighted by Crippen LogP contribution is 2.49. The van der Waals surface area contributed by atoms with Gasteiger partial charge in [-0.05, 0) is 126 Å². The van der Waals surface area contributed by atoms with Crippen LogP contribution in [0.4, 0.5) is 8.78 Å². The Morgan fingerprint density at radius 1 is 0.765 bits per heavy atom. The first-order valence-electron chi connectivity index (χ1n) is 13.9. The lowest BCUT2D eigenvalue weighted by atomic mass is 9.61. The highest BCUT2D eigenvalue weighted by molar-refractivity contribution is 5.35. The summed E-state index contributed by atoms with van der Waals surface area (Å²) in [5.41, 5.74) is 0. The van der Waals surface area contributed by atoms with Gasteiger partial charge in [-0.2, -0.15) is 8.78 Å². The summed E-state index contributed by atoms with van der Waals surface area (Å²) in [6.45, 7) is 4.66. The molecule has 4 unspecified atom stereocenters.